The summed E-state index contributed by atoms with van der Waals surface area (Å²) in [7, 11) is 0. The first kappa shape index (κ1) is 12.6. The van der Waals surface area contributed by atoms with E-state index in [9.17, 15) is 4.79 Å². The van der Waals surface area contributed by atoms with Crippen molar-refractivity contribution >= 4 is 28.8 Å². The standard InChI is InChI=1S/C14H13ClN2OS/c15-11-6-10(7-16-8-11)14(18)17(12-3-4-12)9-13-2-1-5-19-13/h1-2,5-8,12H,3-4,9H2. The van der Waals surface area contributed by atoms with E-state index < -0.39 is 0 Å². The highest BCUT2D eigenvalue weighted by Gasteiger charge is 2.33. The van der Waals surface area contributed by atoms with E-state index in [0.717, 1.165) is 12.8 Å². The van der Waals surface area contributed by atoms with E-state index in [1.807, 2.05) is 16.3 Å². The van der Waals surface area contributed by atoms with Crippen LogP contribution in [0.3, 0.4) is 0 Å². The van der Waals surface area contributed by atoms with Crippen molar-refractivity contribution in [2.75, 3.05) is 0 Å². The molecule has 0 spiro atoms. The van der Waals surface area contributed by atoms with Crippen molar-refractivity contribution < 1.29 is 4.79 Å². The van der Waals surface area contributed by atoms with Gasteiger partial charge < -0.3 is 4.90 Å². The first-order valence-electron chi connectivity index (χ1n) is 6.18. The van der Waals surface area contributed by atoms with Gasteiger partial charge in [0.05, 0.1) is 17.1 Å². The summed E-state index contributed by atoms with van der Waals surface area (Å²) in [5.41, 5.74) is 0.566. The Morgan fingerprint density at radius 2 is 2.32 bits per heavy atom. The third-order valence-corrected chi connectivity index (χ3v) is 4.17. The molecule has 1 fully saturated rings. The Balaban J connectivity index is 1.82. The Hall–Kier alpha value is -1.39. The number of thiophene rings is 1. The number of amides is 1. The molecule has 5 heteroatoms. The quantitative estimate of drug-likeness (QED) is 0.862. The highest BCUT2D eigenvalue weighted by molar-refractivity contribution is 7.09. The van der Waals surface area contributed by atoms with Crippen LogP contribution in [0.2, 0.25) is 5.02 Å². The van der Waals surface area contributed by atoms with Gasteiger partial charge in [-0.2, -0.15) is 0 Å². The second-order valence-corrected chi connectivity index (χ2v) is 6.10. The van der Waals surface area contributed by atoms with Gasteiger partial charge in [-0.05, 0) is 30.4 Å². The van der Waals surface area contributed by atoms with E-state index in [-0.39, 0.29) is 5.91 Å². The molecular weight excluding hydrogens is 280 g/mol. The fraction of sp³-hybridized carbons (Fsp3) is 0.286. The summed E-state index contributed by atoms with van der Waals surface area (Å²) in [4.78, 5) is 19.7. The number of nitrogens with zero attached hydrogens (tertiary/aromatic N) is 2. The van der Waals surface area contributed by atoms with Gasteiger partial charge in [0, 0.05) is 23.3 Å². The summed E-state index contributed by atoms with van der Waals surface area (Å²) in [5, 5.41) is 2.53. The molecule has 0 aliphatic heterocycles. The maximum atomic E-state index is 12.5. The molecule has 3 rings (SSSR count). The number of carbonyl (C=O) groups is 1. The molecule has 3 nitrogen and oxygen atoms in total. The van der Waals surface area contributed by atoms with Crippen molar-refractivity contribution in [3.8, 4) is 0 Å². The fourth-order valence-electron chi connectivity index (χ4n) is 2.02. The lowest BCUT2D eigenvalue weighted by molar-refractivity contribution is 0.0731. The smallest absolute Gasteiger partial charge is 0.256 e. The molecule has 0 aromatic carbocycles. The second-order valence-electron chi connectivity index (χ2n) is 4.64. The third-order valence-electron chi connectivity index (χ3n) is 3.11. The number of aromatic nitrogens is 1. The molecule has 0 N–H and O–H groups in total. The minimum Gasteiger partial charge on any atom is -0.330 e. The van der Waals surface area contributed by atoms with Gasteiger partial charge in [-0.15, -0.1) is 11.3 Å². The number of hydrogen-bond donors (Lipinski definition) is 0. The van der Waals surface area contributed by atoms with Gasteiger partial charge in [0.2, 0.25) is 0 Å². The lowest BCUT2D eigenvalue weighted by Crippen LogP contribution is -2.32. The number of halogens is 1. The van der Waals surface area contributed by atoms with Crippen LogP contribution in [0.1, 0.15) is 28.1 Å². The van der Waals surface area contributed by atoms with E-state index in [4.69, 9.17) is 11.6 Å². The molecule has 98 valence electrons. The molecule has 1 saturated carbocycles. The van der Waals surface area contributed by atoms with Crippen LogP contribution < -0.4 is 0 Å². The van der Waals surface area contributed by atoms with E-state index in [1.165, 1.54) is 4.88 Å². The van der Waals surface area contributed by atoms with E-state index in [2.05, 4.69) is 11.1 Å². The molecular formula is C14H13ClN2OS. The van der Waals surface area contributed by atoms with Gasteiger partial charge >= 0.3 is 0 Å². The van der Waals surface area contributed by atoms with Crippen molar-refractivity contribution in [1.82, 2.24) is 9.88 Å². The molecule has 0 atom stereocenters. The largest absolute Gasteiger partial charge is 0.330 e. The molecule has 19 heavy (non-hydrogen) atoms. The van der Waals surface area contributed by atoms with Crippen LogP contribution in [0.15, 0.2) is 36.0 Å². The summed E-state index contributed by atoms with van der Waals surface area (Å²) in [6.07, 6.45) is 5.30. The number of hydrogen-bond acceptors (Lipinski definition) is 3. The third kappa shape index (κ3) is 2.96. The number of carbonyl (C=O) groups excluding carboxylic acids is 1. The average molecular weight is 293 g/mol. The lowest BCUT2D eigenvalue weighted by atomic mass is 10.2. The van der Waals surface area contributed by atoms with Crippen LogP contribution in [0.4, 0.5) is 0 Å². The molecule has 0 bridgehead atoms. The monoisotopic (exact) mass is 292 g/mol. The van der Waals surface area contributed by atoms with Crippen LogP contribution in [0.5, 0.6) is 0 Å². The maximum Gasteiger partial charge on any atom is 0.256 e. The van der Waals surface area contributed by atoms with Crippen molar-refractivity contribution in [3.63, 3.8) is 0 Å². The maximum absolute atomic E-state index is 12.5. The van der Waals surface area contributed by atoms with Crippen molar-refractivity contribution in [2.24, 2.45) is 0 Å². The van der Waals surface area contributed by atoms with Gasteiger partial charge in [0.15, 0.2) is 0 Å². The van der Waals surface area contributed by atoms with E-state index >= 15 is 0 Å². The van der Waals surface area contributed by atoms with E-state index in [1.54, 1.807) is 29.8 Å². The molecule has 2 aromatic heterocycles. The molecule has 1 aliphatic rings. The average Bonchev–Trinajstić information content (AvgIpc) is 3.12. The Morgan fingerprint density at radius 1 is 1.47 bits per heavy atom. The van der Waals surface area contributed by atoms with E-state index in [0.29, 0.717) is 23.2 Å². The van der Waals surface area contributed by atoms with Gasteiger partial charge in [-0.1, -0.05) is 17.7 Å². The van der Waals surface area contributed by atoms with Crippen molar-refractivity contribution in [3.05, 3.63) is 51.4 Å². The Bertz CT molecular complexity index is 581. The highest BCUT2D eigenvalue weighted by Crippen LogP contribution is 2.30. The summed E-state index contributed by atoms with van der Waals surface area (Å²) in [6, 6.07) is 6.12. The zero-order chi connectivity index (χ0) is 13.2. The van der Waals surface area contributed by atoms with Gasteiger partial charge in [0.1, 0.15) is 0 Å². The molecule has 2 heterocycles. The van der Waals surface area contributed by atoms with Crippen LogP contribution in [-0.2, 0) is 6.54 Å². The highest BCUT2D eigenvalue weighted by atomic mass is 35.5. The predicted octanol–water partition coefficient (Wildman–Crippen LogP) is 3.60. The Labute approximate surface area is 120 Å². The molecule has 1 aliphatic carbocycles. The fourth-order valence-corrected chi connectivity index (χ4v) is 2.89. The zero-order valence-corrected chi connectivity index (χ0v) is 11.8. The first-order chi connectivity index (χ1) is 9.24. The van der Waals surface area contributed by atoms with Crippen molar-refractivity contribution in [2.45, 2.75) is 25.4 Å². The minimum atomic E-state index is 0.0194. The molecule has 0 radical (unpaired) electrons. The molecule has 1 amide bonds. The summed E-state index contributed by atoms with van der Waals surface area (Å²) >= 11 is 7.58. The number of pyridine rings is 1. The Kier molecular flexibility index (Phi) is 3.53. The number of rotatable bonds is 4. The molecule has 0 unspecified atom stereocenters. The zero-order valence-electron chi connectivity index (χ0n) is 10.3. The summed E-state index contributed by atoms with van der Waals surface area (Å²) < 4.78 is 0. The Morgan fingerprint density at radius 3 is 2.95 bits per heavy atom. The summed E-state index contributed by atoms with van der Waals surface area (Å²) in [6.45, 7) is 0.674. The van der Waals surface area contributed by atoms with Crippen LogP contribution in [-0.4, -0.2) is 21.8 Å². The SMILES string of the molecule is O=C(c1cncc(Cl)c1)N(Cc1cccs1)C1CC1. The predicted molar refractivity (Wildman–Crippen MR) is 76.5 cm³/mol. The van der Waals surface area contributed by atoms with Crippen LogP contribution in [0, 0.1) is 0 Å². The van der Waals surface area contributed by atoms with Crippen LogP contribution in [0.25, 0.3) is 0 Å². The lowest BCUT2D eigenvalue weighted by Gasteiger charge is -2.21. The van der Waals surface area contributed by atoms with Crippen LogP contribution >= 0.6 is 22.9 Å². The van der Waals surface area contributed by atoms with Gasteiger partial charge in [0.25, 0.3) is 5.91 Å². The molecule has 2 aromatic rings. The summed E-state index contributed by atoms with van der Waals surface area (Å²) in [5.74, 6) is 0.0194. The minimum absolute atomic E-state index is 0.0194. The van der Waals surface area contributed by atoms with Gasteiger partial charge in [-0.25, -0.2) is 0 Å². The normalized spacial score (nSPS) is 14.4. The van der Waals surface area contributed by atoms with Gasteiger partial charge in [-0.3, -0.25) is 9.78 Å². The van der Waals surface area contributed by atoms with Crippen molar-refractivity contribution in [1.29, 1.82) is 0 Å². The second kappa shape index (κ2) is 5.31. The topological polar surface area (TPSA) is 33.2 Å². The first-order valence-corrected chi connectivity index (χ1v) is 7.44. The molecule has 0 saturated heterocycles.